The van der Waals surface area contributed by atoms with Crippen molar-refractivity contribution in [2.45, 2.75) is 32.7 Å². The molecule has 0 spiro atoms. The average Bonchev–Trinajstić information content (AvgIpc) is 2.90. The van der Waals surface area contributed by atoms with Crippen LogP contribution in [-0.2, 0) is 0 Å². The maximum Gasteiger partial charge on any atom is 0.162 e. The number of phenolic OH excluding ortho intramolecular Hbond substituents is 1. The second kappa shape index (κ2) is 9.02. The summed E-state index contributed by atoms with van der Waals surface area (Å²) in [5.74, 6) is 4.16. The van der Waals surface area contributed by atoms with Crippen molar-refractivity contribution >= 4 is 17.4 Å². The van der Waals surface area contributed by atoms with Gasteiger partial charge in [-0.1, -0.05) is 19.4 Å². The van der Waals surface area contributed by atoms with E-state index in [-0.39, 0.29) is 11.8 Å². The van der Waals surface area contributed by atoms with Crippen molar-refractivity contribution in [1.82, 2.24) is 10.3 Å². The number of rotatable bonds is 6. The smallest absolute Gasteiger partial charge is 0.162 e. The molecule has 144 valence electrons. The third kappa shape index (κ3) is 4.48. The number of benzene rings is 1. The highest BCUT2D eigenvalue weighted by molar-refractivity contribution is 6.06. The van der Waals surface area contributed by atoms with Crippen LogP contribution in [0.5, 0.6) is 11.5 Å². The fourth-order valence-electron chi connectivity index (χ4n) is 2.89. The van der Waals surface area contributed by atoms with E-state index >= 15 is 0 Å². The Morgan fingerprint density at radius 2 is 2.18 bits per heavy atom. The van der Waals surface area contributed by atoms with Crippen LogP contribution in [0.15, 0.2) is 64.5 Å². The van der Waals surface area contributed by atoms with Gasteiger partial charge in [0.15, 0.2) is 17.3 Å². The van der Waals surface area contributed by atoms with E-state index in [0.29, 0.717) is 17.3 Å². The van der Waals surface area contributed by atoms with Crippen molar-refractivity contribution in [3.8, 4) is 11.5 Å². The minimum Gasteiger partial charge on any atom is -0.504 e. The van der Waals surface area contributed by atoms with E-state index in [2.05, 4.69) is 28.1 Å². The first-order valence-electron chi connectivity index (χ1n) is 9.24. The number of nitrogens with one attached hydrogen (secondary N) is 1. The van der Waals surface area contributed by atoms with E-state index in [4.69, 9.17) is 9.73 Å². The van der Waals surface area contributed by atoms with Crippen LogP contribution in [0.25, 0.3) is 5.70 Å². The number of aromatic hydroxyl groups is 1. The molecule has 1 aromatic heterocycles. The van der Waals surface area contributed by atoms with Crippen LogP contribution in [0.1, 0.15) is 43.9 Å². The number of ether oxygens (including phenoxy) is 1. The summed E-state index contributed by atoms with van der Waals surface area (Å²) in [4.78, 5) is 13.6. The van der Waals surface area contributed by atoms with Gasteiger partial charge in [-0.25, -0.2) is 0 Å². The number of hydrogen-bond donors (Lipinski definition) is 2. The van der Waals surface area contributed by atoms with Gasteiger partial charge in [0.2, 0.25) is 0 Å². The van der Waals surface area contributed by atoms with Crippen molar-refractivity contribution in [2.75, 3.05) is 7.11 Å². The van der Waals surface area contributed by atoms with E-state index in [1.807, 2.05) is 31.5 Å². The van der Waals surface area contributed by atoms with Crippen LogP contribution < -0.4 is 10.1 Å². The summed E-state index contributed by atoms with van der Waals surface area (Å²) in [6.07, 6.45) is 7.40. The van der Waals surface area contributed by atoms with Crippen LogP contribution in [0.3, 0.4) is 0 Å². The predicted molar refractivity (Wildman–Crippen MR) is 112 cm³/mol. The Balaban J connectivity index is 1.98. The average molecular weight is 376 g/mol. The van der Waals surface area contributed by atoms with Gasteiger partial charge in [-0.2, -0.15) is 4.99 Å². The van der Waals surface area contributed by atoms with E-state index in [0.717, 1.165) is 29.5 Å². The molecule has 2 aromatic rings. The van der Waals surface area contributed by atoms with Crippen molar-refractivity contribution in [3.05, 3.63) is 65.6 Å². The first kappa shape index (κ1) is 19.4. The topological polar surface area (TPSA) is 79.1 Å². The van der Waals surface area contributed by atoms with Crippen molar-refractivity contribution in [2.24, 2.45) is 9.98 Å². The summed E-state index contributed by atoms with van der Waals surface area (Å²) >= 11 is 0. The van der Waals surface area contributed by atoms with Crippen LogP contribution in [-0.4, -0.2) is 28.9 Å². The number of pyridine rings is 1. The Bertz CT molecular complexity index is 958. The normalized spacial score (nSPS) is 16.0. The number of nitrogens with zero attached hydrogens (tertiary/aromatic N) is 3. The Hall–Kier alpha value is -3.37. The Morgan fingerprint density at radius 3 is 2.89 bits per heavy atom. The van der Waals surface area contributed by atoms with Crippen LogP contribution >= 0.6 is 0 Å². The molecule has 0 saturated heterocycles. The minimum atomic E-state index is -0.00193. The summed E-state index contributed by atoms with van der Waals surface area (Å²) < 4.78 is 5.18. The maximum absolute atomic E-state index is 9.80. The molecule has 0 amide bonds. The molecule has 1 aliphatic heterocycles. The summed E-state index contributed by atoms with van der Waals surface area (Å²) in [5, 5.41) is 13.0. The van der Waals surface area contributed by atoms with E-state index in [1.54, 1.807) is 24.4 Å². The molecule has 3 rings (SSSR count). The lowest BCUT2D eigenvalue weighted by Crippen LogP contribution is -2.06. The molecular formula is C22H24N4O2. The number of aromatic nitrogens is 1. The van der Waals surface area contributed by atoms with Gasteiger partial charge in [0.1, 0.15) is 5.70 Å². The molecule has 0 aliphatic carbocycles. The zero-order valence-electron chi connectivity index (χ0n) is 16.3. The van der Waals surface area contributed by atoms with Gasteiger partial charge in [-0.05, 0) is 43.2 Å². The Kier molecular flexibility index (Phi) is 6.25. The van der Waals surface area contributed by atoms with E-state index < -0.39 is 0 Å². The second-order valence-corrected chi connectivity index (χ2v) is 6.50. The van der Waals surface area contributed by atoms with Crippen molar-refractivity contribution in [3.63, 3.8) is 0 Å². The van der Waals surface area contributed by atoms with Gasteiger partial charge >= 0.3 is 0 Å². The second-order valence-electron chi connectivity index (χ2n) is 6.50. The summed E-state index contributed by atoms with van der Waals surface area (Å²) in [6, 6.07) is 9.07. The highest BCUT2D eigenvalue weighted by Gasteiger charge is 2.14. The molecule has 0 fully saturated rings. The molecule has 6 heteroatoms. The first-order chi connectivity index (χ1) is 13.6. The lowest BCUT2D eigenvalue weighted by Gasteiger charge is -2.12. The van der Waals surface area contributed by atoms with Crippen LogP contribution in [0, 0.1) is 0 Å². The molecule has 1 aliphatic rings. The summed E-state index contributed by atoms with van der Waals surface area (Å²) in [6.45, 7) is 4.10. The number of amidine groups is 1. The standard InChI is InChI=1S/C22H24N4O2/c1-4-6-18(17-7-5-10-23-13-17)26-22-15(2)12-24-19(14-25-22)16-8-9-20(27)21(11-16)28-3/h5,7-13,18,24,27H,4,6H2,1-3H3/t18-/m0/s1. The Labute approximate surface area is 165 Å². The largest absolute Gasteiger partial charge is 0.504 e. The third-order valence-corrected chi connectivity index (χ3v) is 4.44. The molecule has 6 nitrogen and oxygen atoms in total. The van der Waals surface area contributed by atoms with Gasteiger partial charge in [0, 0.05) is 35.6 Å². The van der Waals surface area contributed by atoms with Gasteiger partial charge in [-0.3, -0.25) is 9.98 Å². The van der Waals surface area contributed by atoms with Gasteiger partial charge in [-0.15, -0.1) is 0 Å². The fraction of sp³-hybridized carbons (Fsp3) is 0.273. The highest BCUT2D eigenvalue weighted by Crippen LogP contribution is 2.28. The van der Waals surface area contributed by atoms with Gasteiger partial charge in [0.05, 0.1) is 13.2 Å². The quantitative estimate of drug-likeness (QED) is 0.790. The fourth-order valence-corrected chi connectivity index (χ4v) is 2.89. The molecule has 0 unspecified atom stereocenters. The predicted octanol–water partition coefficient (Wildman–Crippen LogP) is 4.25. The number of phenols is 1. The molecule has 1 aromatic carbocycles. The summed E-state index contributed by atoms with van der Waals surface area (Å²) in [7, 11) is 1.52. The number of aliphatic imine (C=N–C) groups is 2. The van der Waals surface area contributed by atoms with E-state index in [1.165, 1.54) is 7.11 Å². The monoisotopic (exact) mass is 376 g/mol. The number of methoxy groups -OCH3 is 1. The first-order valence-corrected chi connectivity index (χ1v) is 9.24. The maximum atomic E-state index is 9.80. The molecule has 1 atom stereocenters. The zero-order valence-corrected chi connectivity index (χ0v) is 16.3. The molecule has 0 radical (unpaired) electrons. The molecule has 0 saturated carbocycles. The zero-order chi connectivity index (χ0) is 19.9. The summed E-state index contributed by atoms with van der Waals surface area (Å²) in [5.41, 5.74) is 3.47. The Morgan fingerprint density at radius 1 is 1.32 bits per heavy atom. The van der Waals surface area contributed by atoms with Crippen molar-refractivity contribution < 1.29 is 9.84 Å². The van der Waals surface area contributed by atoms with E-state index in [9.17, 15) is 5.11 Å². The lowest BCUT2D eigenvalue weighted by molar-refractivity contribution is 0.373. The molecule has 28 heavy (non-hydrogen) atoms. The highest BCUT2D eigenvalue weighted by atomic mass is 16.5. The molecule has 2 heterocycles. The minimum absolute atomic E-state index is 0.00193. The molecule has 0 bridgehead atoms. The lowest BCUT2D eigenvalue weighted by atomic mass is 10.0. The van der Waals surface area contributed by atoms with Crippen LogP contribution in [0.4, 0.5) is 0 Å². The van der Waals surface area contributed by atoms with Crippen LogP contribution in [0.2, 0.25) is 0 Å². The third-order valence-electron chi connectivity index (χ3n) is 4.44. The van der Waals surface area contributed by atoms with Gasteiger partial charge in [0.25, 0.3) is 0 Å². The molecule has 2 N–H and O–H groups in total. The van der Waals surface area contributed by atoms with Gasteiger partial charge < -0.3 is 15.2 Å². The SMILES string of the molecule is CCC[C@H](N=C1N=C=C(c2ccc(O)c(OC)c2)NC=C1C)c1cccnc1. The number of hydrogen-bond acceptors (Lipinski definition) is 5. The molecular weight excluding hydrogens is 352 g/mol. The van der Waals surface area contributed by atoms with Crippen molar-refractivity contribution in [1.29, 1.82) is 0 Å².